The predicted molar refractivity (Wildman–Crippen MR) is 115 cm³/mol. The molecule has 0 bridgehead atoms. The first-order valence-corrected chi connectivity index (χ1v) is 10.3. The molecule has 0 spiro atoms. The lowest BCUT2D eigenvalue weighted by Crippen LogP contribution is -2.33. The van der Waals surface area contributed by atoms with Gasteiger partial charge < -0.3 is 4.90 Å². The zero-order valence-electron chi connectivity index (χ0n) is 15.3. The van der Waals surface area contributed by atoms with Crippen LogP contribution in [0.3, 0.4) is 0 Å². The van der Waals surface area contributed by atoms with Crippen LogP contribution in [0.4, 0.5) is 5.69 Å². The van der Waals surface area contributed by atoms with E-state index in [0.717, 1.165) is 26.2 Å². The van der Waals surface area contributed by atoms with E-state index in [0.29, 0.717) is 25.3 Å². The van der Waals surface area contributed by atoms with Crippen LogP contribution in [-0.4, -0.2) is 38.5 Å². The quantitative estimate of drug-likeness (QED) is 0.658. The minimum absolute atomic E-state index is 0.166. The summed E-state index contributed by atoms with van der Waals surface area (Å²) < 4.78 is 1.44. The van der Waals surface area contributed by atoms with E-state index in [1.165, 1.54) is 27.8 Å². The Kier molecular flexibility index (Phi) is 5.36. The molecule has 4 heterocycles. The summed E-state index contributed by atoms with van der Waals surface area (Å²) in [6.45, 7) is 4.90. The molecule has 9 heteroatoms. The van der Waals surface area contributed by atoms with E-state index in [4.69, 9.17) is 0 Å². The molecule has 0 unspecified atom stereocenters. The van der Waals surface area contributed by atoms with Crippen molar-refractivity contribution in [2.24, 2.45) is 4.99 Å². The average molecular weight is 411 g/mol. The van der Waals surface area contributed by atoms with Crippen molar-refractivity contribution in [1.29, 1.82) is 0 Å². The maximum absolute atomic E-state index is 13.1. The van der Waals surface area contributed by atoms with Gasteiger partial charge in [-0.25, -0.2) is 9.67 Å². The Hall–Kier alpha value is -2.78. The van der Waals surface area contributed by atoms with Crippen LogP contribution in [0.25, 0.3) is 4.91 Å². The van der Waals surface area contributed by atoms with Gasteiger partial charge in [-0.05, 0) is 12.1 Å². The van der Waals surface area contributed by atoms with Crippen LogP contribution in [0, 0.1) is 0 Å². The molecule has 1 aliphatic rings. The highest BCUT2D eigenvalue weighted by molar-refractivity contribution is 8.21. The van der Waals surface area contributed by atoms with Crippen LogP contribution in [-0.2, 0) is 13.0 Å². The SMILES string of the molecule is C=C1S/C(Cc2ccccn2)=N\CN(C)c2c1cnn(Cc1nccs1)c2=O. The maximum Gasteiger partial charge on any atom is 0.291 e. The molecule has 0 amide bonds. The van der Waals surface area contributed by atoms with Gasteiger partial charge in [-0.15, -0.1) is 11.3 Å². The molecule has 1 aliphatic heterocycles. The number of thiazole rings is 1. The van der Waals surface area contributed by atoms with Crippen LogP contribution in [0.2, 0.25) is 0 Å². The first kappa shape index (κ1) is 18.6. The second-order valence-electron chi connectivity index (χ2n) is 6.21. The van der Waals surface area contributed by atoms with Crippen LogP contribution in [0.15, 0.2) is 58.5 Å². The number of hydrogen-bond acceptors (Lipinski definition) is 8. The van der Waals surface area contributed by atoms with Gasteiger partial charge in [-0.2, -0.15) is 5.10 Å². The monoisotopic (exact) mass is 410 g/mol. The first-order chi connectivity index (χ1) is 13.6. The van der Waals surface area contributed by atoms with Gasteiger partial charge in [-0.1, -0.05) is 24.4 Å². The molecular formula is C19H18N6OS2. The summed E-state index contributed by atoms with van der Waals surface area (Å²) in [4.78, 5) is 28.9. The van der Waals surface area contributed by atoms with Crippen molar-refractivity contribution in [3.8, 4) is 0 Å². The summed E-state index contributed by atoms with van der Waals surface area (Å²) in [7, 11) is 1.86. The molecule has 0 atom stereocenters. The largest absolute Gasteiger partial charge is 0.350 e. The smallest absolute Gasteiger partial charge is 0.291 e. The zero-order valence-corrected chi connectivity index (χ0v) is 16.9. The highest BCUT2D eigenvalue weighted by atomic mass is 32.2. The van der Waals surface area contributed by atoms with Crippen molar-refractivity contribution in [2.45, 2.75) is 13.0 Å². The van der Waals surface area contributed by atoms with E-state index in [9.17, 15) is 4.79 Å². The summed E-state index contributed by atoms with van der Waals surface area (Å²) in [5.74, 6) is 0. The van der Waals surface area contributed by atoms with Gasteiger partial charge in [0.1, 0.15) is 17.4 Å². The molecule has 0 radical (unpaired) electrons. The Morgan fingerprint density at radius 1 is 1.25 bits per heavy atom. The lowest BCUT2D eigenvalue weighted by atomic mass is 10.2. The van der Waals surface area contributed by atoms with Gasteiger partial charge in [0.25, 0.3) is 5.56 Å². The topological polar surface area (TPSA) is 76.3 Å². The predicted octanol–water partition coefficient (Wildman–Crippen LogP) is 2.90. The molecule has 28 heavy (non-hydrogen) atoms. The molecular weight excluding hydrogens is 392 g/mol. The van der Waals surface area contributed by atoms with Crippen LogP contribution < -0.4 is 10.5 Å². The van der Waals surface area contributed by atoms with Crippen molar-refractivity contribution < 1.29 is 0 Å². The lowest BCUT2D eigenvalue weighted by Gasteiger charge is -2.24. The molecule has 0 aliphatic carbocycles. The van der Waals surface area contributed by atoms with Gasteiger partial charge in [0, 0.05) is 47.4 Å². The summed E-state index contributed by atoms with van der Waals surface area (Å²) in [6.07, 6.45) is 5.83. The zero-order chi connectivity index (χ0) is 19.5. The van der Waals surface area contributed by atoms with E-state index < -0.39 is 0 Å². The first-order valence-electron chi connectivity index (χ1n) is 8.62. The molecule has 0 saturated heterocycles. The van der Waals surface area contributed by atoms with E-state index in [-0.39, 0.29) is 5.56 Å². The van der Waals surface area contributed by atoms with Gasteiger partial charge >= 0.3 is 0 Å². The third-order valence-electron chi connectivity index (χ3n) is 4.23. The fourth-order valence-electron chi connectivity index (χ4n) is 2.86. The van der Waals surface area contributed by atoms with Crippen LogP contribution in [0.1, 0.15) is 16.3 Å². The fraction of sp³-hybridized carbons (Fsp3) is 0.211. The van der Waals surface area contributed by atoms with Crippen LogP contribution >= 0.6 is 23.1 Å². The number of aliphatic imine (C=N–C) groups is 1. The molecule has 3 aromatic rings. The average Bonchev–Trinajstić information content (AvgIpc) is 3.20. The number of thioether (sulfide) groups is 1. The molecule has 0 fully saturated rings. The molecule has 0 N–H and O–H groups in total. The number of fused-ring (bicyclic) bond motifs is 1. The minimum Gasteiger partial charge on any atom is -0.350 e. The van der Waals surface area contributed by atoms with E-state index in [1.807, 2.05) is 35.5 Å². The van der Waals surface area contributed by atoms with Gasteiger partial charge in [0.2, 0.25) is 0 Å². The molecule has 4 rings (SSSR count). The third kappa shape index (κ3) is 3.90. The maximum atomic E-state index is 13.1. The van der Waals surface area contributed by atoms with E-state index in [2.05, 4.69) is 26.6 Å². The third-order valence-corrected chi connectivity index (χ3v) is 5.97. The number of pyridine rings is 1. The van der Waals surface area contributed by atoms with E-state index >= 15 is 0 Å². The number of aromatic nitrogens is 4. The second-order valence-corrected chi connectivity index (χ2v) is 8.36. The highest BCUT2D eigenvalue weighted by Crippen LogP contribution is 2.33. The van der Waals surface area contributed by atoms with Crippen molar-refractivity contribution >= 4 is 38.7 Å². The normalized spacial score (nSPS) is 16.1. The molecule has 0 aromatic carbocycles. The Morgan fingerprint density at radius 3 is 2.89 bits per heavy atom. The second kappa shape index (κ2) is 8.07. The lowest BCUT2D eigenvalue weighted by molar-refractivity contribution is 0.632. The Balaban J connectivity index is 1.64. The number of anilines is 1. The minimum atomic E-state index is -0.166. The van der Waals surface area contributed by atoms with Crippen molar-refractivity contribution in [1.82, 2.24) is 19.7 Å². The number of hydrogen-bond donors (Lipinski definition) is 0. The molecule has 7 nitrogen and oxygen atoms in total. The molecule has 0 saturated carbocycles. The summed E-state index contributed by atoms with van der Waals surface area (Å²) in [6, 6.07) is 5.82. The fourth-order valence-corrected chi connectivity index (χ4v) is 4.34. The van der Waals surface area contributed by atoms with Gasteiger partial charge in [0.15, 0.2) is 0 Å². The van der Waals surface area contributed by atoms with Crippen molar-refractivity contribution in [3.05, 3.63) is 75.4 Å². The Labute approximate surface area is 170 Å². The molecule has 3 aromatic heterocycles. The summed E-state index contributed by atoms with van der Waals surface area (Å²) >= 11 is 2.97. The number of rotatable bonds is 4. The molecule has 142 valence electrons. The standard InChI is InChI=1S/C19H18N6OS2/c1-13-15-10-23-25(11-17-21-7-8-27-17)19(26)18(15)24(2)12-22-16(28-13)9-14-5-3-4-6-20-14/h3-8,10H,1,9,11-12H2,2H3/b22-16-. The number of nitrogens with zero attached hydrogens (tertiary/aromatic N) is 6. The van der Waals surface area contributed by atoms with E-state index in [1.54, 1.807) is 18.6 Å². The Bertz CT molecular complexity index is 1080. The van der Waals surface area contributed by atoms with Crippen molar-refractivity contribution in [2.75, 3.05) is 18.6 Å². The Morgan fingerprint density at radius 2 is 2.14 bits per heavy atom. The highest BCUT2D eigenvalue weighted by Gasteiger charge is 2.22. The van der Waals surface area contributed by atoms with Gasteiger partial charge in [-0.3, -0.25) is 14.8 Å². The van der Waals surface area contributed by atoms with Crippen molar-refractivity contribution in [3.63, 3.8) is 0 Å². The van der Waals surface area contributed by atoms with Gasteiger partial charge in [0.05, 0.1) is 17.8 Å². The summed E-state index contributed by atoms with van der Waals surface area (Å²) in [5, 5.41) is 7.99. The summed E-state index contributed by atoms with van der Waals surface area (Å²) in [5.41, 5.74) is 2.08. The van der Waals surface area contributed by atoms with Crippen LogP contribution in [0.5, 0.6) is 0 Å².